The van der Waals surface area contributed by atoms with Crippen LogP contribution in [0.4, 0.5) is 0 Å². The van der Waals surface area contributed by atoms with E-state index < -0.39 is 9.84 Å². The summed E-state index contributed by atoms with van der Waals surface area (Å²) in [6.45, 7) is 1.55. The first-order valence-corrected chi connectivity index (χ1v) is 10.1. The van der Waals surface area contributed by atoms with E-state index in [4.69, 9.17) is 5.73 Å². The predicted octanol–water partition coefficient (Wildman–Crippen LogP) is 1.55. The van der Waals surface area contributed by atoms with E-state index in [9.17, 15) is 8.42 Å². The Balaban J connectivity index is 1.92. The summed E-state index contributed by atoms with van der Waals surface area (Å²) in [5.74, 6) is 0.785. The van der Waals surface area contributed by atoms with E-state index in [0.717, 1.165) is 31.7 Å². The normalized spacial score (nSPS) is 42.8. The minimum Gasteiger partial charge on any atom is -0.329 e. The first-order chi connectivity index (χ1) is 9.49. The molecule has 1 heterocycles. The molecule has 1 aliphatic heterocycles. The zero-order valence-corrected chi connectivity index (χ0v) is 13.4. The summed E-state index contributed by atoms with van der Waals surface area (Å²) >= 11 is 0. The summed E-state index contributed by atoms with van der Waals surface area (Å²) in [7, 11) is -3.02. The van der Waals surface area contributed by atoms with E-state index in [-0.39, 0.29) is 10.8 Å². The number of likely N-dealkylation sites (tertiary alicyclic amines) is 1. The number of nitrogens with zero attached hydrogens (tertiary/aromatic N) is 1. The van der Waals surface area contributed by atoms with E-state index in [1.54, 1.807) is 0 Å². The molecule has 0 spiro atoms. The molecule has 5 heteroatoms. The summed E-state index contributed by atoms with van der Waals surface area (Å²) in [4.78, 5) is 2.54. The van der Waals surface area contributed by atoms with E-state index in [1.807, 2.05) is 0 Å². The minimum atomic E-state index is -3.02. The van der Waals surface area contributed by atoms with Crippen LogP contribution in [0.5, 0.6) is 0 Å². The van der Waals surface area contributed by atoms with Gasteiger partial charge >= 0.3 is 0 Å². The van der Waals surface area contributed by atoms with Gasteiger partial charge in [-0.2, -0.15) is 0 Å². The van der Waals surface area contributed by atoms with Crippen LogP contribution in [0.2, 0.25) is 0 Å². The highest BCUT2D eigenvalue weighted by molar-refractivity contribution is 7.91. The number of sulfone groups is 1. The highest BCUT2D eigenvalue weighted by Crippen LogP contribution is 2.46. The van der Waals surface area contributed by atoms with Gasteiger partial charge in [-0.3, -0.25) is 4.90 Å². The highest BCUT2D eigenvalue weighted by atomic mass is 32.2. The number of hydrogen-bond acceptors (Lipinski definition) is 4. The smallest absolute Gasteiger partial charge is 0.152 e. The second kappa shape index (κ2) is 5.25. The fraction of sp³-hybridized carbons (Fsp3) is 1.00. The molecule has 3 fully saturated rings. The van der Waals surface area contributed by atoms with E-state index in [2.05, 4.69) is 4.90 Å². The molecule has 0 aromatic carbocycles. The molecule has 2 aliphatic carbocycles. The second-order valence-corrected chi connectivity index (χ2v) is 9.34. The van der Waals surface area contributed by atoms with Crippen molar-refractivity contribution in [3.8, 4) is 0 Å². The average molecular weight is 300 g/mol. The first kappa shape index (κ1) is 14.8. The van der Waals surface area contributed by atoms with Gasteiger partial charge in [-0.05, 0) is 44.6 Å². The van der Waals surface area contributed by atoms with Crippen molar-refractivity contribution in [2.75, 3.05) is 19.3 Å². The van der Waals surface area contributed by atoms with Crippen LogP contribution in [0.15, 0.2) is 0 Å². The Bertz CT molecular complexity index is 464. The lowest BCUT2D eigenvalue weighted by Crippen LogP contribution is -2.62. The van der Waals surface area contributed by atoms with Gasteiger partial charge in [0.25, 0.3) is 0 Å². The topological polar surface area (TPSA) is 63.4 Å². The maximum absolute atomic E-state index is 12.2. The fourth-order valence-electron chi connectivity index (χ4n) is 5.27. The Morgan fingerprint density at radius 1 is 1.15 bits per heavy atom. The molecule has 116 valence electrons. The van der Waals surface area contributed by atoms with Crippen LogP contribution >= 0.6 is 0 Å². The summed E-state index contributed by atoms with van der Waals surface area (Å²) in [5.41, 5.74) is 5.88. The second-order valence-electron chi connectivity index (χ2n) is 7.11. The lowest BCUT2D eigenvalue weighted by atomic mass is 9.83. The summed E-state index contributed by atoms with van der Waals surface area (Å²) in [6, 6.07) is 0.592. The van der Waals surface area contributed by atoms with Crippen molar-refractivity contribution in [3.05, 3.63) is 0 Å². The molecule has 3 aliphatic rings. The van der Waals surface area contributed by atoms with Crippen LogP contribution in [0.1, 0.15) is 51.4 Å². The Hall–Kier alpha value is -0.130. The van der Waals surface area contributed by atoms with Gasteiger partial charge in [0.1, 0.15) is 0 Å². The first-order valence-electron chi connectivity index (χ1n) is 8.15. The van der Waals surface area contributed by atoms with Gasteiger partial charge in [0.15, 0.2) is 9.84 Å². The molecule has 4 atom stereocenters. The summed E-state index contributed by atoms with van der Waals surface area (Å²) < 4.78 is 24.5. The van der Waals surface area contributed by atoms with Crippen molar-refractivity contribution in [3.63, 3.8) is 0 Å². The number of hydrogen-bond donors (Lipinski definition) is 1. The molecule has 0 aromatic rings. The Morgan fingerprint density at radius 3 is 2.60 bits per heavy atom. The van der Waals surface area contributed by atoms with Gasteiger partial charge < -0.3 is 5.73 Å². The Labute approximate surface area is 123 Å². The standard InChI is InChI=1S/C15H28N2O2S/c1-20(18,19)14-7-4-9-15(14,11-16)17-10-8-12-5-2-3-6-13(12)17/h12-14H,2-11,16H2,1H3. The van der Waals surface area contributed by atoms with Crippen LogP contribution in [-0.4, -0.2) is 49.5 Å². The van der Waals surface area contributed by atoms with Crippen molar-refractivity contribution in [1.29, 1.82) is 0 Å². The van der Waals surface area contributed by atoms with E-state index >= 15 is 0 Å². The molecule has 4 nitrogen and oxygen atoms in total. The van der Waals surface area contributed by atoms with Crippen molar-refractivity contribution < 1.29 is 8.42 Å². The van der Waals surface area contributed by atoms with Crippen LogP contribution < -0.4 is 5.73 Å². The van der Waals surface area contributed by atoms with Gasteiger partial charge in [-0.15, -0.1) is 0 Å². The predicted molar refractivity (Wildman–Crippen MR) is 81.3 cm³/mol. The lowest BCUT2D eigenvalue weighted by Gasteiger charge is -2.47. The molecule has 2 N–H and O–H groups in total. The van der Waals surface area contributed by atoms with Crippen molar-refractivity contribution in [2.45, 2.75) is 68.2 Å². The molecule has 20 heavy (non-hydrogen) atoms. The molecule has 0 radical (unpaired) electrons. The lowest BCUT2D eigenvalue weighted by molar-refractivity contribution is 0.0608. The molecular weight excluding hydrogens is 272 g/mol. The summed E-state index contributed by atoms with van der Waals surface area (Å²) in [6.07, 6.45) is 10.6. The van der Waals surface area contributed by atoms with Gasteiger partial charge in [0, 0.05) is 18.8 Å². The van der Waals surface area contributed by atoms with Gasteiger partial charge in [0.05, 0.1) is 10.8 Å². The monoisotopic (exact) mass is 300 g/mol. The molecular formula is C15H28N2O2S. The maximum atomic E-state index is 12.2. The van der Waals surface area contributed by atoms with Gasteiger partial charge in [-0.25, -0.2) is 8.42 Å². The third kappa shape index (κ3) is 2.22. The largest absolute Gasteiger partial charge is 0.329 e. The van der Waals surface area contributed by atoms with E-state index in [0.29, 0.717) is 12.6 Å². The van der Waals surface area contributed by atoms with Crippen molar-refractivity contribution in [2.24, 2.45) is 11.7 Å². The van der Waals surface area contributed by atoms with Crippen molar-refractivity contribution >= 4 is 9.84 Å². The van der Waals surface area contributed by atoms with Crippen LogP contribution in [0.25, 0.3) is 0 Å². The third-order valence-corrected chi connectivity index (χ3v) is 7.84. The fourth-order valence-corrected chi connectivity index (χ4v) is 7.02. The average Bonchev–Trinajstić information content (AvgIpc) is 3.02. The van der Waals surface area contributed by atoms with Gasteiger partial charge in [-0.1, -0.05) is 19.3 Å². The molecule has 0 aromatic heterocycles. The Kier molecular flexibility index (Phi) is 3.89. The SMILES string of the molecule is CS(=O)(=O)C1CCCC1(CN)N1CCC2CCCCC21. The van der Waals surface area contributed by atoms with Crippen LogP contribution in [0, 0.1) is 5.92 Å². The quantitative estimate of drug-likeness (QED) is 0.859. The summed E-state index contributed by atoms with van der Waals surface area (Å²) in [5, 5.41) is -0.249. The van der Waals surface area contributed by atoms with Crippen LogP contribution in [-0.2, 0) is 9.84 Å². The molecule has 4 unspecified atom stereocenters. The number of rotatable bonds is 3. The molecule has 2 saturated carbocycles. The third-order valence-electron chi connectivity index (χ3n) is 6.13. The van der Waals surface area contributed by atoms with Gasteiger partial charge in [0.2, 0.25) is 0 Å². The molecule has 1 saturated heterocycles. The highest BCUT2D eigenvalue weighted by Gasteiger charge is 2.55. The zero-order valence-electron chi connectivity index (χ0n) is 12.6. The minimum absolute atomic E-state index is 0.249. The molecule has 0 bridgehead atoms. The van der Waals surface area contributed by atoms with Crippen LogP contribution in [0.3, 0.4) is 0 Å². The van der Waals surface area contributed by atoms with E-state index in [1.165, 1.54) is 38.4 Å². The number of nitrogens with two attached hydrogens (primary N) is 1. The number of fused-ring (bicyclic) bond motifs is 1. The maximum Gasteiger partial charge on any atom is 0.152 e. The molecule has 3 rings (SSSR count). The molecule has 0 amide bonds. The Morgan fingerprint density at radius 2 is 1.90 bits per heavy atom. The zero-order chi connectivity index (χ0) is 14.4. The van der Waals surface area contributed by atoms with Crippen molar-refractivity contribution in [1.82, 2.24) is 4.90 Å².